The fourth-order valence-corrected chi connectivity index (χ4v) is 5.48. The number of nitrogens with one attached hydrogen (secondary N) is 1. The number of carbonyl (C=O) groups excluding carboxylic acids is 3. The molecule has 4 rings (SSSR count). The summed E-state index contributed by atoms with van der Waals surface area (Å²) in [5, 5.41) is 7.81. The molecule has 1 saturated carbocycles. The molecule has 30 heavy (non-hydrogen) atoms. The van der Waals surface area contributed by atoms with E-state index in [1.807, 2.05) is 26.0 Å². The van der Waals surface area contributed by atoms with Crippen molar-refractivity contribution >= 4 is 33.4 Å². The van der Waals surface area contributed by atoms with Crippen LogP contribution in [0.15, 0.2) is 41.3 Å². The predicted octanol–water partition coefficient (Wildman–Crippen LogP) is 1.49. The molecule has 1 heterocycles. The molecule has 3 aliphatic rings. The van der Waals surface area contributed by atoms with E-state index in [1.165, 1.54) is 29.2 Å². The number of carbonyl (C=O) groups is 3. The molecule has 1 saturated heterocycles. The zero-order valence-corrected chi connectivity index (χ0v) is 17.6. The molecule has 8 nitrogen and oxygen atoms in total. The third-order valence-corrected chi connectivity index (χ3v) is 7.19. The van der Waals surface area contributed by atoms with Gasteiger partial charge in [0.1, 0.15) is 6.04 Å². The Hall–Kier alpha value is -2.52. The van der Waals surface area contributed by atoms with E-state index in [0.717, 1.165) is 6.42 Å². The van der Waals surface area contributed by atoms with E-state index in [2.05, 4.69) is 5.32 Å². The molecule has 2 bridgehead atoms. The standard InChI is InChI=1S/C21H25N3O5S/c1-11(2)9-16(19(25)23-14-5-7-15(8-6-14)30(22,28)29)24-20(26)17-12-3-4-13(10-12)18(17)21(24)27/h3-8,11-13,16-18H,9-10H2,1-2H3,(H,23,25)(H2,22,28,29)/t12-,13-,16-,17-,18+/m0/s1. The van der Waals surface area contributed by atoms with Crippen molar-refractivity contribution in [2.24, 2.45) is 34.7 Å². The predicted molar refractivity (Wildman–Crippen MR) is 109 cm³/mol. The molecular weight excluding hydrogens is 406 g/mol. The zero-order valence-electron chi connectivity index (χ0n) is 16.8. The largest absolute Gasteiger partial charge is 0.324 e. The van der Waals surface area contributed by atoms with Crippen LogP contribution in [0.25, 0.3) is 0 Å². The summed E-state index contributed by atoms with van der Waals surface area (Å²) in [7, 11) is -3.84. The first-order chi connectivity index (χ1) is 14.1. The number of allylic oxidation sites excluding steroid dienone is 2. The van der Waals surface area contributed by atoms with Crippen molar-refractivity contribution in [3.63, 3.8) is 0 Å². The third-order valence-electron chi connectivity index (χ3n) is 6.26. The second kappa shape index (κ2) is 7.31. The Labute approximate surface area is 175 Å². The Morgan fingerprint density at radius 3 is 2.10 bits per heavy atom. The van der Waals surface area contributed by atoms with Crippen LogP contribution in [0.5, 0.6) is 0 Å². The van der Waals surface area contributed by atoms with Crippen LogP contribution in [0.2, 0.25) is 0 Å². The summed E-state index contributed by atoms with van der Waals surface area (Å²) < 4.78 is 22.8. The van der Waals surface area contributed by atoms with E-state index in [9.17, 15) is 22.8 Å². The van der Waals surface area contributed by atoms with Crippen molar-refractivity contribution in [1.82, 2.24) is 4.90 Å². The number of nitrogens with zero attached hydrogens (tertiary/aromatic N) is 1. The maximum Gasteiger partial charge on any atom is 0.247 e. The first kappa shape index (κ1) is 20.7. The molecule has 2 aliphatic carbocycles. The summed E-state index contributed by atoms with van der Waals surface area (Å²) >= 11 is 0. The van der Waals surface area contributed by atoms with E-state index >= 15 is 0 Å². The van der Waals surface area contributed by atoms with Crippen LogP contribution in [0.1, 0.15) is 26.7 Å². The number of nitrogens with two attached hydrogens (primary N) is 1. The minimum Gasteiger partial charge on any atom is -0.324 e. The van der Waals surface area contributed by atoms with Crippen LogP contribution < -0.4 is 10.5 Å². The molecule has 1 aromatic rings. The van der Waals surface area contributed by atoms with Crippen LogP contribution in [0, 0.1) is 29.6 Å². The maximum absolute atomic E-state index is 13.1. The first-order valence-corrected chi connectivity index (χ1v) is 11.6. The smallest absolute Gasteiger partial charge is 0.247 e. The van der Waals surface area contributed by atoms with E-state index in [4.69, 9.17) is 5.14 Å². The molecule has 2 fully saturated rings. The quantitative estimate of drug-likeness (QED) is 0.521. The SMILES string of the molecule is CC(C)C[C@@H](C(=O)Nc1ccc(S(N)(=O)=O)cc1)N1C(=O)[C@@H]2[C@H](C1=O)[C@H]1C=C[C@H]2C1. The van der Waals surface area contributed by atoms with Gasteiger partial charge in [0, 0.05) is 5.69 Å². The lowest BCUT2D eigenvalue weighted by atomic mass is 9.85. The molecule has 3 N–H and O–H groups in total. The normalized spacial score (nSPS) is 28.3. The van der Waals surface area contributed by atoms with Crippen LogP contribution in [0.3, 0.4) is 0 Å². The van der Waals surface area contributed by atoms with E-state index in [-0.39, 0.29) is 46.3 Å². The lowest BCUT2D eigenvalue weighted by Crippen LogP contribution is -2.49. The van der Waals surface area contributed by atoms with Crippen molar-refractivity contribution in [2.45, 2.75) is 37.6 Å². The second-order valence-corrected chi connectivity index (χ2v) is 10.3. The van der Waals surface area contributed by atoms with Gasteiger partial charge in [-0.2, -0.15) is 0 Å². The number of hydrogen-bond donors (Lipinski definition) is 2. The molecule has 0 radical (unpaired) electrons. The molecule has 0 spiro atoms. The van der Waals surface area contributed by atoms with Gasteiger partial charge in [0.2, 0.25) is 27.7 Å². The first-order valence-electron chi connectivity index (χ1n) is 10.1. The highest BCUT2D eigenvalue weighted by Crippen LogP contribution is 2.53. The lowest BCUT2D eigenvalue weighted by molar-refractivity contribution is -0.147. The maximum atomic E-state index is 13.1. The number of imide groups is 1. The van der Waals surface area contributed by atoms with Crippen molar-refractivity contribution in [2.75, 3.05) is 5.32 Å². The highest BCUT2D eigenvalue weighted by atomic mass is 32.2. The Balaban J connectivity index is 1.56. The Morgan fingerprint density at radius 1 is 1.10 bits per heavy atom. The van der Waals surface area contributed by atoms with Gasteiger partial charge in [-0.3, -0.25) is 19.3 Å². The molecule has 9 heteroatoms. The number of likely N-dealkylation sites (tertiary alicyclic amines) is 1. The van der Waals surface area contributed by atoms with Crippen molar-refractivity contribution in [1.29, 1.82) is 0 Å². The number of rotatable bonds is 6. The topological polar surface area (TPSA) is 127 Å². The van der Waals surface area contributed by atoms with Gasteiger partial charge in [-0.05, 0) is 54.9 Å². The van der Waals surface area contributed by atoms with Crippen molar-refractivity contribution < 1.29 is 22.8 Å². The third kappa shape index (κ3) is 3.45. The molecule has 5 atom stereocenters. The highest BCUT2D eigenvalue weighted by Gasteiger charge is 2.61. The van der Waals surface area contributed by atoms with Gasteiger partial charge in [0.05, 0.1) is 16.7 Å². The fraction of sp³-hybridized carbons (Fsp3) is 0.476. The average molecular weight is 432 g/mol. The highest BCUT2D eigenvalue weighted by molar-refractivity contribution is 7.89. The van der Waals surface area contributed by atoms with Gasteiger partial charge in [-0.25, -0.2) is 13.6 Å². The monoisotopic (exact) mass is 431 g/mol. The Morgan fingerprint density at radius 2 is 1.63 bits per heavy atom. The lowest BCUT2D eigenvalue weighted by Gasteiger charge is -2.28. The van der Waals surface area contributed by atoms with Crippen LogP contribution in [-0.4, -0.2) is 37.1 Å². The van der Waals surface area contributed by atoms with Crippen molar-refractivity contribution in [3.05, 3.63) is 36.4 Å². The van der Waals surface area contributed by atoms with Gasteiger partial charge in [-0.1, -0.05) is 26.0 Å². The second-order valence-electron chi connectivity index (χ2n) is 8.75. The summed E-state index contributed by atoms with van der Waals surface area (Å²) in [6, 6.07) is 4.53. The summed E-state index contributed by atoms with van der Waals surface area (Å²) in [6.45, 7) is 3.86. The van der Waals surface area contributed by atoms with Gasteiger partial charge in [0.25, 0.3) is 0 Å². The van der Waals surface area contributed by atoms with Crippen molar-refractivity contribution in [3.8, 4) is 0 Å². The van der Waals surface area contributed by atoms with E-state index in [1.54, 1.807) is 0 Å². The minimum absolute atomic E-state index is 0.0695. The Kier molecular flexibility index (Phi) is 5.06. The molecule has 160 valence electrons. The molecular formula is C21H25N3O5S. The molecule has 0 unspecified atom stereocenters. The number of fused-ring (bicyclic) bond motifs is 5. The minimum atomic E-state index is -3.84. The number of anilines is 1. The van der Waals surface area contributed by atoms with Crippen LogP contribution in [0.4, 0.5) is 5.69 Å². The van der Waals surface area contributed by atoms with Gasteiger partial charge in [-0.15, -0.1) is 0 Å². The average Bonchev–Trinajstić information content (AvgIpc) is 3.33. The van der Waals surface area contributed by atoms with Crippen LogP contribution >= 0.6 is 0 Å². The fourth-order valence-electron chi connectivity index (χ4n) is 4.96. The number of primary sulfonamides is 1. The summed E-state index contributed by atoms with van der Waals surface area (Å²) in [5.41, 5.74) is 0.363. The molecule has 0 aromatic heterocycles. The molecule has 3 amide bonds. The number of benzene rings is 1. The number of hydrogen-bond acceptors (Lipinski definition) is 5. The summed E-state index contributed by atoms with van der Waals surface area (Å²) in [6.07, 6.45) is 5.22. The van der Waals surface area contributed by atoms with Crippen LogP contribution in [-0.2, 0) is 24.4 Å². The number of sulfonamides is 1. The zero-order chi connectivity index (χ0) is 21.8. The molecule has 1 aliphatic heterocycles. The van der Waals surface area contributed by atoms with Gasteiger partial charge < -0.3 is 5.32 Å². The number of amides is 3. The van der Waals surface area contributed by atoms with Gasteiger partial charge >= 0.3 is 0 Å². The molecule has 1 aromatic carbocycles. The van der Waals surface area contributed by atoms with E-state index < -0.39 is 22.0 Å². The summed E-state index contributed by atoms with van der Waals surface area (Å²) in [5.74, 6) is -1.45. The Bertz CT molecular complexity index is 1000. The summed E-state index contributed by atoms with van der Waals surface area (Å²) in [4.78, 5) is 40.5. The van der Waals surface area contributed by atoms with E-state index in [0.29, 0.717) is 12.1 Å². The van der Waals surface area contributed by atoms with Gasteiger partial charge in [0.15, 0.2) is 0 Å².